The van der Waals surface area contributed by atoms with Gasteiger partial charge in [-0.15, -0.1) is 0 Å². The van der Waals surface area contributed by atoms with E-state index in [-0.39, 0.29) is 23.7 Å². The van der Waals surface area contributed by atoms with Crippen LogP contribution in [0.1, 0.15) is 30.1 Å². The Morgan fingerprint density at radius 3 is 2.95 bits per heavy atom. The number of ketones is 1. The first-order valence-electron chi connectivity index (χ1n) is 6.83. The molecule has 4 heteroatoms. The number of nitrogens with one attached hydrogen (secondary N) is 1. The first-order chi connectivity index (χ1) is 9.18. The molecule has 0 radical (unpaired) electrons. The van der Waals surface area contributed by atoms with Crippen LogP contribution in [0.15, 0.2) is 24.3 Å². The minimum Gasteiger partial charge on any atom is -0.365 e. The number of para-hydroxylation sites is 1. The molecule has 2 fully saturated rings. The number of carbonyl (C=O) groups excluding carboxylic acids is 2. The molecule has 1 aromatic carbocycles. The molecule has 2 unspecified atom stereocenters. The molecule has 2 saturated heterocycles. The van der Waals surface area contributed by atoms with Crippen molar-refractivity contribution in [3.63, 3.8) is 0 Å². The van der Waals surface area contributed by atoms with E-state index in [0.29, 0.717) is 6.54 Å². The summed E-state index contributed by atoms with van der Waals surface area (Å²) in [5, 5.41) is 2.94. The van der Waals surface area contributed by atoms with Gasteiger partial charge in [0.2, 0.25) is 5.91 Å². The lowest BCUT2D eigenvalue weighted by atomic mass is 9.90. The van der Waals surface area contributed by atoms with Gasteiger partial charge in [0, 0.05) is 24.3 Å². The quantitative estimate of drug-likeness (QED) is 0.820. The zero-order valence-electron chi connectivity index (χ0n) is 11.1. The van der Waals surface area contributed by atoms with Crippen molar-refractivity contribution in [1.29, 1.82) is 0 Å². The SMILES string of the molecule is CC(=O)c1ccccc1N1CCCC2C(=O)NCC21. The van der Waals surface area contributed by atoms with Crippen LogP contribution in [-0.4, -0.2) is 30.8 Å². The molecule has 3 rings (SSSR count). The number of hydrogen-bond acceptors (Lipinski definition) is 3. The van der Waals surface area contributed by atoms with Crippen LogP contribution < -0.4 is 10.2 Å². The zero-order chi connectivity index (χ0) is 13.4. The molecule has 19 heavy (non-hydrogen) atoms. The van der Waals surface area contributed by atoms with E-state index in [1.165, 1.54) is 0 Å². The van der Waals surface area contributed by atoms with Gasteiger partial charge in [-0.05, 0) is 31.9 Å². The number of piperidine rings is 1. The Bertz CT molecular complexity index is 527. The number of nitrogens with zero attached hydrogens (tertiary/aromatic N) is 1. The first-order valence-corrected chi connectivity index (χ1v) is 6.83. The topological polar surface area (TPSA) is 49.4 Å². The van der Waals surface area contributed by atoms with Crippen LogP contribution in [0.25, 0.3) is 0 Å². The van der Waals surface area contributed by atoms with Crippen LogP contribution in [0.3, 0.4) is 0 Å². The number of fused-ring (bicyclic) bond motifs is 1. The highest BCUT2D eigenvalue weighted by Gasteiger charge is 2.41. The lowest BCUT2D eigenvalue weighted by Gasteiger charge is -2.38. The van der Waals surface area contributed by atoms with Gasteiger partial charge in [-0.3, -0.25) is 9.59 Å². The number of rotatable bonds is 2. The average molecular weight is 258 g/mol. The summed E-state index contributed by atoms with van der Waals surface area (Å²) >= 11 is 0. The number of anilines is 1. The van der Waals surface area contributed by atoms with Crippen molar-refractivity contribution in [2.45, 2.75) is 25.8 Å². The fourth-order valence-corrected chi connectivity index (χ4v) is 3.27. The van der Waals surface area contributed by atoms with Crippen LogP contribution in [0.2, 0.25) is 0 Å². The Labute approximate surface area is 112 Å². The van der Waals surface area contributed by atoms with Gasteiger partial charge in [0.05, 0.1) is 12.0 Å². The van der Waals surface area contributed by atoms with Crippen LogP contribution >= 0.6 is 0 Å². The number of carbonyl (C=O) groups is 2. The molecule has 4 nitrogen and oxygen atoms in total. The van der Waals surface area contributed by atoms with E-state index in [1.807, 2.05) is 24.3 Å². The van der Waals surface area contributed by atoms with Crippen molar-refractivity contribution in [1.82, 2.24) is 5.32 Å². The third-order valence-corrected chi connectivity index (χ3v) is 4.19. The van der Waals surface area contributed by atoms with Crippen molar-refractivity contribution in [2.24, 2.45) is 5.92 Å². The normalized spacial score (nSPS) is 25.9. The molecule has 2 heterocycles. The van der Waals surface area contributed by atoms with E-state index in [1.54, 1.807) is 6.92 Å². The van der Waals surface area contributed by atoms with Gasteiger partial charge in [0.25, 0.3) is 0 Å². The van der Waals surface area contributed by atoms with E-state index in [9.17, 15) is 9.59 Å². The second kappa shape index (κ2) is 4.68. The van der Waals surface area contributed by atoms with Gasteiger partial charge in [-0.1, -0.05) is 12.1 Å². The van der Waals surface area contributed by atoms with E-state index in [0.717, 1.165) is 30.6 Å². The zero-order valence-corrected chi connectivity index (χ0v) is 11.1. The molecule has 2 atom stereocenters. The molecular weight excluding hydrogens is 240 g/mol. The molecule has 0 spiro atoms. The van der Waals surface area contributed by atoms with E-state index in [4.69, 9.17) is 0 Å². The fourth-order valence-electron chi connectivity index (χ4n) is 3.27. The standard InChI is InChI=1S/C15H18N2O2/c1-10(18)11-5-2-3-7-13(11)17-8-4-6-12-14(17)9-16-15(12)19/h2-3,5,7,12,14H,4,6,8-9H2,1H3,(H,16,19). The maximum atomic E-state index is 11.8. The predicted octanol–water partition coefficient (Wildman–Crippen LogP) is 1.60. The van der Waals surface area contributed by atoms with Crippen molar-refractivity contribution < 1.29 is 9.59 Å². The molecule has 0 bridgehead atoms. The molecule has 2 aliphatic heterocycles. The third-order valence-electron chi connectivity index (χ3n) is 4.19. The maximum Gasteiger partial charge on any atom is 0.225 e. The van der Waals surface area contributed by atoms with Crippen molar-refractivity contribution in [2.75, 3.05) is 18.0 Å². The molecule has 0 aliphatic carbocycles. The van der Waals surface area contributed by atoms with Gasteiger partial charge in [0.1, 0.15) is 0 Å². The highest BCUT2D eigenvalue weighted by molar-refractivity contribution is 6.00. The largest absolute Gasteiger partial charge is 0.365 e. The number of hydrogen-bond donors (Lipinski definition) is 1. The monoisotopic (exact) mass is 258 g/mol. The average Bonchev–Trinajstić information content (AvgIpc) is 2.81. The third kappa shape index (κ3) is 2.01. The minimum absolute atomic E-state index is 0.0776. The predicted molar refractivity (Wildman–Crippen MR) is 73.3 cm³/mol. The van der Waals surface area contributed by atoms with Crippen molar-refractivity contribution >= 4 is 17.4 Å². The van der Waals surface area contributed by atoms with Gasteiger partial charge in [-0.2, -0.15) is 0 Å². The molecule has 2 aliphatic rings. The van der Waals surface area contributed by atoms with Crippen molar-refractivity contribution in [3.05, 3.63) is 29.8 Å². The number of benzene rings is 1. The number of Topliss-reactive ketones (excluding diaryl/α,β-unsaturated/α-hetero) is 1. The molecule has 0 aromatic heterocycles. The second-order valence-corrected chi connectivity index (χ2v) is 5.33. The molecule has 1 amide bonds. The Balaban J connectivity index is 1.97. The molecule has 1 aromatic rings. The Kier molecular flexibility index (Phi) is 3.01. The van der Waals surface area contributed by atoms with Gasteiger partial charge in [-0.25, -0.2) is 0 Å². The van der Waals surface area contributed by atoms with Crippen LogP contribution in [-0.2, 0) is 4.79 Å². The smallest absolute Gasteiger partial charge is 0.225 e. The summed E-state index contributed by atoms with van der Waals surface area (Å²) in [6, 6.07) is 7.89. The molecule has 1 N–H and O–H groups in total. The van der Waals surface area contributed by atoms with Crippen LogP contribution in [0, 0.1) is 5.92 Å². The summed E-state index contributed by atoms with van der Waals surface area (Å²) in [4.78, 5) is 25.8. The molecule has 0 saturated carbocycles. The minimum atomic E-state index is 0.0776. The van der Waals surface area contributed by atoms with Crippen molar-refractivity contribution in [3.8, 4) is 0 Å². The number of amides is 1. The molecule has 100 valence electrons. The van der Waals surface area contributed by atoms with E-state index in [2.05, 4.69) is 10.2 Å². The van der Waals surface area contributed by atoms with Gasteiger partial charge in [0.15, 0.2) is 5.78 Å². The summed E-state index contributed by atoms with van der Waals surface area (Å²) in [5.74, 6) is 0.318. The summed E-state index contributed by atoms with van der Waals surface area (Å²) in [5.41, 5.74) is 1.73. The summed E-state index contributed by atoms with van der Waals surface area (Å²) < 4.78 is 0. The van der Waals surface area contributed by atoms with Gasteiger partial charge < -0.3 is 10.2 Å². The summed E-state index contributed by atoms with van der Waals surface area (Å²) in [6.07, 6.45) is 1.95. The Hall–Kier alpha value is -1.84. The van der Waals surface area contributed by atoms with Gasteiger partial charge >= 0.3 is 0 Å². The first kappa shape index (κ1) is 12.2. The summed E-state index contributed by atoms with van der Waals surface area (Å²) in [7, 11) is 0. The summed E-state index contributed by atoms with van der Waals surface area (Å²) in [6.45, 7) is 3.20. The van der Waals surface area contributed by atoms with E-state index >= 15 is 0 Å². The Morgan fingerprint density at radius 1 is 1.37 bits per heavy atom. The second-order valence-electron chi connectivity index (χ2n) is 5.33. The van der Waals surface area contributed by atoms with E-state index < -0.39 is 0 Å². The molecular formula is C15H18N2O2. The lowest BCUT2D eigenvalue weighted by Crippen LogP contribution is -2.46. The van der Waals surface area contributed by atoms with Crippen LogP contribution in [0.4, 0.5) is 5.69 Å². The van der Waals surface area contributed by atoms with Crippen LogP contribution in [0.5, 0.6) is 0 Å². The Morgan fingerprint density at radius 2 is 2.16 bits per heavy atom. The highest BCUT2D eigenvalue weighted by Crippen LogP contribution is 2.33. The highest BCUT2D eigenvalue weighted by atomic mass is 16.2. The fraction of sp³-hybridized carbons (Fsp3) is 0.467. The maximum absolute atomic E-state index is 11.8. The lowest BCUT2D eigenvalue weighted by molar-refractivity contribution is -0.122.